The van der Waals surface area contributed by atoms with Gasteiger partial charge in [0.15, 0.2) is 5.96 Å². The fourth-order valence-electron chi connectivity index (χ4n) is 1.44. The predicted octanol–water partition coefficient (Wildman–Crippen LogP) is 3.16. The van der Waals surface area contributed by atoms with Crippen LogP contribution in [0, 0.1) is 13.8 Å². The lowest BCUT2D eigenvalue weighted by molar-refractivity contribution is 0.542. The van der Waals surface area contributed by atoms with Crippen molar-refractivity contribution in [2.24, 2.45) is 10.7 Å². The van der Waals surface area contributed by atoms with Gasteiger partial charge in [0.2, 0.25) is 0 Å². The summed E-state index contributed by atoms with van der Waals surface area (Å²) in [6.07, 6.45) is 1.27. The topological polar surface area (TPSA) is 50.4 Å². The molecule has 0 radical (unpaired) electrons. The molecule has 1 aromatic heterocycles. The molecule has 17 heavy (non-hydrogen) atoms. The Kier molecular flexibility index (Phi) is 4.69. The Balaban J connectivity index is 0.000000686. The van der Waals surface area contributed by atoms with Gasteiger partial charge in [-0.15, -0.1) is 11.3 Å². The Morgan fingerprint density at radius 1 is 1.41 bits per heavy atom. The Morgan fingerprint density at radius 2 is 2.06 bits per heavy atom. The summed E-state index contributed by atoms with van der Waals surface area (Å²) >= 11 is 1.52. The fraction of sp³-hybridized carbons (Fsp3) is 0.417. The Bertz CT molecular complexity index is 449. The summed E-state index contributed by atoms with van der Waals surface area (Å²) in [6.45, 7) is 7.98. The Hall–Kier alpha value is -1.36. The fourth-order valence-corrected chi connectivity index (χ4v) is 2.55. The lowest BCUT2D eigenvalue weighted by Gasteiger charge is -2.16. The molecule has 0 spiro atoms. The molecule has 1 aliphatic rings. The number of thiophene rings is 1. The molecule has 1 unspecified atom stereocenters. The van der Waals surface area contributed by atoms with Gasteiger partial charge in [-0.25, -0.2) is 9.38 Å². The Labute approximate surface area is 105 Å². The zero-order valence-corrected chi connectivity index (χ0v) is 11.4. The molecule has 0 saturated heterocycles. The van der Waals surface area contributed by atoms with E-state index in [1.54, 1.807) is 0 Å². The van der Waals surface area contributed by atoms with Gasteiger partial charge in [-0.3, -0.25) is 0 Å². The zero-order valence-electron chi connectivity index (χ0n) is 10.5. The number of aliphatic imine (C=N–C) groups is 1. The van der Waals surface area contributed by atoms with Crippen LogP contribution in [0.5, 0.6) is 0 Å². The number of aryl methyl sites for hydroxylation is 1. The molecule has 3 N–H and O–H groups in total. The van der Waals surface area contributed by atoms with E-state index >= 15 is 0 Å². The summed E-state index contributed by atoms with van der Waals surface area (Å²) in [5.74, 6) is -0.0407. The average Bonchev–Trinajstić information content (AvgIpc) is 2.66. The number of hydrogen-bond donors (Lipinski definition) is 2. The lowest BCUT2D eigenvalue weighted by Crippen LogP contribution is -2.31. The van der Waals surface area contributed by atoms with Crippen molar-refractivity contribution in [2.75, 3.05) is 0 Å². The zero-order chi connectivity index (χ0) is 13.0. The maximum Gasteiger partial charge on any atom is 0.193 e. The van der Waals surface area contributed by atoms with Crippen molar-refractivity contribution in [1.29, 1.82) is 0 Å². The van der Waals surface area contributed by atoms with Crippen molar-refractivity contribution in [3.8, 4) is 0 Å². The van der Waals surface area contributed by atoms with Gasteiger partial charge in [-0.2, -0.15) is 0 Å². The van der Waals surface area contributed by atoms with Crippen LogP contribution < -0.4 is 11.1 Å². The summed E-state index contributed by atoms with van der Waals surface area (Å²) in [5, 5.41) is 4.56. The largest absolute Gasteiger partial charge is 0.370 e. The minimum Gasteiger partial charge on any atom is -0.370 e. The molecule has 94 valence electrons. The minimum absolute atomic E-state index is 0.256. The van der Waals surface area contributed by atoms with Gasteiger partial charge < -0.3 is 11.1 Å². The first-order chi connectivity index (χ1) is 8.09. The summed E-state index contributed by atoms with van der Waals surface area (Å²) in [7, 11) is 0. The first-order valence-corrected chi connectivity index (χ1v) is 6.47. The van der Waals surface area contributed by atoms with E-state index in [9.17, 15) is 4.39 Å². The molecule has 1 aromatic rings. The molecule has 0 fully saturated rings. The number of rotatable bonds is 1. The van der Waals surface area contributed by atoms with E-state index in [2.05, 4.69) is 10.3 Å². The third-order valence-electron chi connectivity index (χ3n) is 2.46. The quantitative estimate of drug-likeness (QED) is 0.810. The van der Waals surface area contributed by atoms with Gasteiger partial charge in [0.1, 0.15) is 11.9 Å². The van der Waals surface area contributed by atoms with Crippen molar-refractivity contribution in [3.05, 3.63) is 33.4 Å². The second kappa shape index (κ2) is 5.82. The van der Waals surface area contributed by atoms with Crippen molar-refractivity contribution >= 4 is 17.3 Å². The summed E-state index contributed by atoms with van der Waals surface area (Å²) in [6, 6.07) is -0.565. The number of hydrogen-bond acceptors (Lipinski definition) is 4. The molecule has 0 saturated carbocycles. The van der Waals surface area contributed by atoms with E-state index in [4.69, 9.17) is 5.73 Å². The van der Waals surface area contributed by atoms with Gasteiger partial charge in [-0.1, -0.05) is 13.8 Å². The third kappa shape index (κ3) is 2.85. The average molecular weight is 255 g/mol. The lowest BCUT2D eigenvalue weighted by atomic mass is 10.1. The predicted molar refractivity (Wildman–Crippen MR) is 71.8 cm³/mol. The highest BCUT2D eigenvalue weighted by molar-refractivity contribution is 7.10. The number of guanidine groups is 1. The van der Waals surface area contributed by atoms with Gasteiger partial charge >= 0.3 is 0 Å². The van der Waals surface area contributed by atoms with Crippen LogP contribution >= 0.6 is 11.3 Å². The molecule has 0 aromatic carbocycles. The maximum absolute atomic E-state index is 13.5. The highest BCUT2D eigenvalue weighted by Gasteiger charge is 2.23. The molecule has 2 heterocycles. The Morgan fingerprint density at radius 3 is 2.59 bits per heavy atom. The normalized spacial score (nSPS) is 18.5. The van der Waals surface area contributed by atoms with Crippen LogP contribution in [0.15, 0.2) is 22.4 Å². The molecule has 0 aliphatic carbocycles. The standard InChI is InChI=1S/C10H12FN3S.C2H6/c1-5-4-15-9(6(5)2)8-7(11)3-13-10(12)14-8;1-2/h3-4,8H,1-2H3,(H3,12,13,14);1-2H3. The van der Waals surface area contributed by atoms with Gasteiger partial charge in [0.05, 0.1) is 0 Å². The number of nitrogens with one attached hydrogen (secondary N) is 1. The van der Waals surface area contributed by atoms with Crippen LogP contribution in [-0.2, 0) is 0 Å². The van der Waals surface area contributed by atoms with Crippen LogP contribution in [-0.4, -0.2) is 5.96 Å². The van der Waals surface area contributed by atoms with Crippen LogP contribution in [0.25, 0.3) is 0 Å². The first kappa shape index (κ1) is 13.7. The van der Waals surface area contributed by atoms with Crippen molar-refractivity contribution in [3.63, 3.8) is 0 Å². The number of nitrogens with zero attached hydrogens (tertiary/aromatic N) is 1. The van der Waals surface area contributed by atoms with Crippen LogP contribution in [0.4, 0.5) is 4.39 Å². The van der Waals surface area contributed by atoms with E-state index in [0.717, 1.165) is 16.0 Å². The molecule has 2 rings (SSSR count). The molecule has 5 heteroatoms. The molecule has 0 amide bonds. The second-order valence-electron chi connectivity index (χ2n) is 3.50. The van der Waals surface area contributed by atoms with E-state index in [0.29, 0.717) is 0 Å². The summed E-state index contributed by atoms with van der Waals surface area (Å²) in [5.41, 5.74) is 7.77. The SMILES string of the molecule is CC.Cc1csc(C2N=C(N)NC=C2F)c1C. The van der Waals surface area contributed by atoms with E-state index < -0.39 is 6.04 Å². The monoisotopic (exact) mass is 255 g/mol. The van der Waals surface area contributed by atoms with Gasteiger partial charge in [0.25, 0.3) is 0 Å². The highest BCUT2D eigenvalue weighted by Crippen LogP contribution is 2.35. The van der Waals surface area contributed by atoms with Crippen LogP contribution in [0.2, 0.25) is 0 Å². The highest BCUT2D eigenvalue weighted by atomic mass is 32.1. The third-order valence-corrected chi connectivity index (χ3v) is 3.71. The summed E-state index contributed by atoms with van der Waals surface area (Å²) in [4.78, 5) is 4.98. The number of nitrogens with two attached hydrogens (primary N) is 1. The van der Waals surface area contributed by atoms with Crippen LogP contribution in [0.3, 0.4) is 0 Å². The minimum atomic E-state index is -0.565. The van der Waals surface area contributed by atoms with Gasteiger partial charge in [0, 0.05) is 11.1 Å². The maximum atomic E-state index is 13.5. The van der Waals surface area contributed by atoms with Crippen molar-refractivity contribution < 1.29 is 4.39 Å². The van der Waals surface area contributed by atoms with Crippen LogP contribution in [0.1, 0.15) is 35.9 Å². The molecule has 3 nitrogen and oxygen atoms in total. The molecule has 1 aliphatic heterocycles. The van der Waals surface area contributed by atoms with E-state index in [1.807, 2.05) is 33.1 Å². The van der Waals surface area contributed by atoms with E-state index in [1.165, 1.54) is 17.5 Å². The first-order valence-electron chi connectivity index (χ1n) is 5.59. The van der Waals surface area contributed by atoms with Crippen molar-refractivity contribution in [1.82, 2.24) is 5.32 Å². The molecule has 0 bridgehead atoms. The smallest absolute Gasteiger partial charge is 0.193 e. The molecular formula is C12H18FN3S. The van der Waals surface area contributed by atoms with Crippen molar-refractivity contribution in [2.45, 2.75) is 33.7 Å². The summed E-state index contributed by atoms with van der Waals surface area (Å²) < 4.78 is 13.5. The van der Waals surface area contributed by atoms with E-state index in [-0.39, 0.29) is 11.8 Å². The van der Waals surface area contributed by atoms with Gasteiger partial charge in [-0.05, 0) is 30.4 Å². The molecule has 1 atom stereocenters. The second-order valence-corrected chi connectivity index (χ2v) is 4.41. The molecular weight excluding hydrogens is 237 g/mol. The number of halogens is 1.